The van der Waals surface area contributed by atoms with Crippen LogP contribution in [0.2, 0.25) is 0 Å². The van der Waals surface area contributed by atoms with Crippen LogP contribution in [0.4, 0.5) is 0 Å². The third-order valence-corrected chi connectivity index (χ3v) is 1.38. The summed E-state index contributed by atoms with van der Waals surface area (Å²) in [6, 6.07) is 0. The molecule has 0 aliphatic rings. The van der Waals surface area contributed by atoms with Crippen molar-refractivity contribution in [1.29, 1.82) is 0 Å². The van der Waals surface area contributed by atoms with E-state index in [1.54, 1.807) is 7.05 Å². The number of Topliss-reactive ketones (excluding diaryl/α,β-unsaturated/α-hetero) is 1. The molecule has 0 saturated carbocycles. The van der Waals surface area contributed by atoms with Crippen molar-refractivity contribution >= 4 is 5.78 Å². The molecule has 0 aromatic carbocycles. The normalized spacial score (nSPS) is 10.5. The Bertz CT molecular complexity index is 264. The molecule has 0 spiro atoms. The van der Waals surface area contributed by atoms with Crippen LogP contribution in [0.1, 0.15) is 24.3 Å². The number of rotatable bonds is 2. The number of carbonyl (C=O) groups excluding carboxylic acids is 1. The number of aryl methyl sites for hydroxylation is 1. The van der Waals surface area contributed by atoms with Crippen LogP contribution in [0.15, 0.2) is 6.20 Å². The Labute approximate surface area is 65.2 Å². The third-order valence-electron chi connectivity index (χ3n) is 1.38. The molecule has 1 aromatic heterocycles. The van der Waals surface area contributed by atoms with Gasteiger partial charge in [0.25, 0.3) is 0 Å². The lowest BCUT2D eigenvalue weighted by Gasteiger charge is -1.96. The summed E-state index contributed by atoms with van der Waals surface area (Å²) < 4.78 is 0. The minimum absolute atomic E-state index is 0.00769. The molecule has 0 atom stereocenters. The van der Waals surface area contributed by atoms with Crippen LogP contribution in [0.25, 0.3) is 0 Å². The highest BCUT2D eigenvalue weighted by Gasteiger charge is 2.12. The summed E-state index contributed by atoms with van der Waals surface area (Å²) >= 11 is 0. The lowest BCUT2D eigenvalue weighted by atomic mass is 10.1. The van der Waals surface area contributed by atoms with Crippen molar-refractivity contribution in [2.24, 2.45) is 13.0 Å². The van der Waals surface area contributed by atoms with Crippen LogP contribution >= 0.6 is 0 Å². The van der Waals surface area contributed by atoms with E-state index >= 15 is 0 Å². The second kappa shape index (κ2) is 2.82. The standard InChI is InChI=1S/C7H11N3O/c1-5(2)7(11)6-4-8-10(3)9-6/h4-5H,1-3H3. The first-order valence-electron chi connectivity index (χ1n) is 3.52. The first-order valence-corrected chi connectivity index (χ1v) is 3.52. The maximum Gasteiger partial charge on any atom is 0.187 e. The lowest BCUT2D eigenvalue weighted by Crippen LogP contribution is -2.08. The van der Waals surface area contributed by atoms with Crippen molar-refractivity contribution < 1.29 is 4.79 Å². The Hall–Kier alpha value is -1.19. The first kappa shape index (κ1) is 7.91. The van der Waals surface area contributed by atoms with Gasteiger partial charge >= 0.3 is 0 Å². The third kappa shape index (κ3) is 1.63. The van der Waals surface area contributed by atoms with E-state index in [-0.39, 0.29) is 11.7 Å². The second-order valence-electron chi connectivity index (χ2n) is 2.74. The van der Waals surface area contributed by atoms with Crippen LogP contribution in [0.3, 0.4) is 0 Å². The summed E-state index contributed by atoms with van der Waals surface area (Å²) in [6.07, 6.45) is 1.49. The average molecular weight is 153 g/mol. The van der Waals surface area contributed by atoms with Gasteiger partial charge in [0.05, 0.1) is 6.20 Å². The molecule has 0 amide bonds. The fourth-order valence-corrected chi connectivity index (χ4v) is 0.754. The largest absolute Gasteiger partial charge is 0.292 e. The molecule has 0 unspecified atom stereocenters. The zero-order chi connectivity index (χ0) is 8.43. The molecule has 1 aromatic rings. The van der Waals surface area contributed by atoms with Crippen molar-refractivity contribution in [2.45, 2.75) is 13.8 Å². The lowest BCUT2D eigenvalue weighted by molar-refractivity contribution is 0.0933. The number of hydrogen-bond acceptors (Lipinski definition) is 3. The van der Waals surface area contributed by atoms with Gasteiger partial charge in [-0.05, 0) is 0 Å². The van der Waals surface area contributed by atoms with Crippen LogP contribution < -0.4 is 0 Å². The molecule has 0 bridgehead atoms. The van der Waals surface area contributed by atoms with Crippen LogP contribution in [0, 0.1) is 5.92 Å². The van der Waals surface area contributed by atoms with Gasteiger partial charge < -0.3 is 0 Å². The summed E-state index contributed by atoms with van der Waals surface area (Å²) in [6.45, 7) is 3.69. The zero-order valence-corrected chi connectivity index (χ0v) is 6.90. The van der Waals surface area contributed by atoms with Gasteiger partial charge in [0.1, 0.15) is 5.69 Å². The van der Waals surface area contributed by atoms with Crippen LogP contribution in [-0.4, -0.2) is 20.8 Å². The van der Waals surface area contributed by atoms with E-state index in [9.17, 15) is 4.79 Å². The van der Waals surface area contributed by atoms with Gasteiger partial charge in [0.15, 0.2) is 5.78 Å². The molecule has 0 aliphatic carbocycles. The molecule has 1 heterocycles. The van der Waals surface area contributed by atoms with Crippen LogP contribution in [-0.2, 0) is 7.05 Å². The predicted molar refractivity (Wildman–Crippen MR) is 40.2 cm³/mol. The van der Waals surface area contributed by atoms with E-state index in [0.717, 1.165) is 0 Å². The van der Waals surface area contributed by atoms with E-state index in [4.69, 9.17) is 0 Å². The minimum atomic E-state index is -0.00769. The van der Waals surface area contributed by atoms with Gasteiger partial charge in [-0.15, -0.1) is 0 Å². The molecule has 60 valence electrons. The molecule has 4 nitrogen and oxygen atoms in total. The second-order valence-corrected chi connectivity index (χ2v) is 2.74. The predicted octanol–water partition coefficient (Wildman–Crippen LogP) is 0.654. The topological polar surface area (TPSA) is 47.8 Å². The highest BCUT2D eigenvalue weighted by molar-refractivity contribution is 5.95. The maximum absolute atomic E-state index is 11.2. The van der Waals surface area contributed by atoms with Gasteiger partial charge in [-0.25, -0.2) is 0 Å². The number of carbonyl (C=O) groups is 1. The monoisotopic (exact) mass is 153 g/mol. The smallest absolute Gasteiger partial charge is 0.187 e. The fourth-order valence-electron chi connectivity index (χ4n) is 0.754. The Morgan fingerprint density at radius 1 is 1.64 bits per heavy atom. The fraction of sp³-hybridized carbons (Fsp3) is 0.571. The molecule has 1 rings (SSSR count). The molecule has 0 fully saturated rings. The summed E-state index contributed by atoms with van der Waals surface area (Å²) in [7, 11) is 1.69. The van der Waals surface area contributed by atoms with Gasteiger partial charge in [-0.3, -0.25) is 4.79 Å². The minimum Gasteiger partial charge on any atom is -0.292 e. The molecule has 11 heavy (non-hydrogen) atoms. The van der Waals surface area contributed by atoms with Crippen molar-refractivity contribution in [3.05, 3.63) is 11.9 Å². The molecule has 0 saturated heterocycles. The molecule has 4 heteroatoms. The van der Waals surface area contributed by atoms with Gasteiger partial charge in [-0.2, -0.15) is 15.0 Å². The quantitative estimate of drug-likeness (QED) is 0.586. The number of hydrogen-bond donors (Lipinski definition) is 0. The summed E-state index contributed by atoms with van der Waals surface area (Å²) in [5.41, 5.74) is 0.447. The number of aromatic nitrogens is 3. The van der Waals surface area contributed by atoms with E-state index in [2.05, 4.69) is 10.2 Å². The SMILES string of the molecule is CC(C)C(=O)c1cnn(C)n1. The van der Waals surface area contributed by atoms with Crippen LogP contribution in [0.5, 0.6) is 0 Å². The average Bonchev–Trinajstić information content (AvgIpc) is 2.34. The Morgan fingerprint density at radius 3 is 2.64 bits per heavy atom. The molecule has 0 N–H and O–H groups in total. The van der Waals surface area contributed by atoms with Gasteiger partial charge in [-0.1, -0.05) is 13.8 Å². The molecular weight excluding hydrogens is 142 g/mol. The van der Waals surface area contributed by atoms with Crippen molar-refractivity contribution in [3.63, 3.8) is 0 Å². The Balaban J connectivity index is 2.85. The van der Waals surface area contributed by atoms with Crippen molar-refractivity contribution in [2.75, 3.05) is 0 Å². The van der Waals surface area contributed by atoms with Crippen molar-refractivity contribution in [1.82, 2.24) is 15.0 Å². The molecular formula is C7H11N3O. The maximum atomic E-state index is 11.2. The summed E-state index contributed by atoms with van der Waals surface area (Å²) in [5, 5.41) is 7.69. The number of nitrogens with zero attached hydrogens (tertiary/aromatic N) is 3. The zero-order valence-electron chi connectivity index (χ0n) is 6.90. The molecule has 0 radical (unpaired) electrons. The van der Waals surface area contributed by atoms with E-state index < -0.39 is 0 Å². The number of ketones is 1. The Morgan fingerprint density at radius 2 is 2.27 bits per heavy atom. The van der Waals surface area contributed by atoms with Gasteiger partial charge in [0, 0.05) is 13.0 Å². The summed E-state index contributed by atoms with van der Waals surface area (Å²) in [5.74, 6) is 0.0322. The summed E-state index contributed by atoms with van der Waals surface area (Å²) in [4.78, 5) is 12.6. The van der Waals surface area contributed by atoms with E-state index in [1.165, 1.54) is 11.0 Å². The highest BCUT2D eigenvalue weighted by Crippen LogP contribution is 2.02. The van der Waals surface area contributed by atoms with Gasteiger partial charge in [0.2, 0.25) is 0 Å². The molecule has 0 aliphatic heterocycles. The van der Waals surface area contributed by atoms with Crippen molar-refractivity contribution in [3.8, 4) is 0 Å². The van der Waals surface area contributed by atoms with E-state index in [1.807, 2.05) is 13.8 Å². The Kier molecular flexibility index (Phi) is 2.03. The first-order chi connectivity index (χ1) is 5.11. The van der Waals surface area contributed by atoms with E-state index in [0.29, 0.717) is 5.69 Å². The highest BCUT2D eigenvalue weighted by atomic mass is 16.1.